The minimum absolute atomic E-state index is 0.0203. The average Bonchev–Trinajstić information content (AvgIpc) is 3.18. The predicted molar refractivity (Wildman–Crippen MR) is 112 cm³/mol. The summed E-state index contributed by atoms with van der Waals surface area (Å²) in [5, 5.41) is 13.4. The Kier molecular flexibility index (Phi) is 6.15. The molecule has 1 aliphatic rings. The number of aryl methyl sites for hydroxylation is 1. The summed E-state index contributed by atoms with van der Waals surface area (Å²) < 4.78 is 37.1. The summed E-state index contributed by atoms with van der Waals surface area (Å²) in [6, 6.07) is 3.69. The summed E-state index contributed by atoms with van der Waals surface area (Å²) in [5.74, 6) is 0.0176. The van der Waals surface area contributed by atoms with Crippen molar-refractivity contribution in [2.24, 2.45) is 5.92 Å². The lowest BCUT2D eigenvalue weighted by Crippen LogP contribution is -2.39. The highest BCUT2D eigenvalue weighted by Crippen LogP contribution is 2.27. The molecule has 1 amide bonds. The van der Waals surface area contributed by atoms with Crippen molar-refractivity contribution in [3.8, 4) is 10.6 Å². The van der Waals surface area contributed by atoms with E-state index in [0.717, 1.165) is 21.0 Å². The summed E-state index contributed by atoms with van der Waals surface area (Å²) in [4.78, 5) is 23.1. The maximum absolute atomic E-state index is 12.6. The van der Waals surface area contributed by atoms with Gasteiger partial charge in [-0.2, -0.15) is 13.2 Å². The molecule has 4 heterocycles. The van der Waals surface area contributed by atoms with Crippen LogP contribution in [0.3, 0.4) is 0 Å². The van der Waals surface area contributed by atoms with E-state index in [1.54, 1.807) is 23.4 Å². The zero-order valence-electron chi connectivity index (χ0n) is 16.8. The van der Waals surface area contributed by atoms with E-state index in [1.165, 1.54) is 11.3 Å². The van der Waals surface area contributed by atoms with E-state index in [1.807, 2.05) is 13.0 Å². The van der Waals surface area contributed by atoms with Crippen molar-refractivity contribution in [2.45, 2.75) is 32.4 Å². The summed E-state index contributed by atoms with van der Waals surface area (Å²) in [7, 11) is 0. The number of pyridine rings is 2. The molecule has 164 valence electrons. The molecule has 31 heavy (non-hydrogen) atoms. The minimum atomic E-state index is -4.15. The van der Waals surface area contributed by atoms with Crippen LogP contribution < -0.4 is 5.32 Å². The fourth-order valence-corrected chi connectivity index (χ4v) is 4.23. The number of nitrogens with one attached hydrogen (secondary N) is 1. The standard InChI is InChI=1S/C20H21F3N6OS/c1-12-27-28-19(31-12)15-8-14-9-17(25-11-16(14)24-10-15)26-18(30)13-2-5-29(6-3-13)7-4-20(21,22)23/h8-11,13H,2-7H2,1H3,(H,25,26,30). The Hall–Kier alpha value is -2.66. The molecule has 0 aromatic carbocycles. The van der Waals surface area contributed by atoms with E-state index >= 15 is 0 Å². The van der Waals surface area contributed by atoms with Gasteiger partial charge in [-0.3, -0.25) is 9.78 Å². The van der Waals surface area contributed by atoms with Gasteiger partial charge in [0.15, 0.2) is 0 Å². The van der Waals surface area contributed by atoms with Crippen LogP contribution in [0.5, 0.6) is 0 Å². The Morgan fingerprint density at radius 1 is 1.19 bits per heavy atom. The van der Waals surface area contributed by atoms with Crippen molar-refractivity contribution in [2.75, 3.05) is 25.0 Å². The van der Waals surface area contributed by atoms with Gasteiger partial charge in [0.05, 0.1) is 18.1 Å². The van der Waals surface area contributed by atoms with Crippen LogP contribution in [0.2, 0.25) is 0 Å². The Morgan fingerprint density at radius 2 is 1.97 bits per heavy atom. The second-order valence-electron chi connectivity index (χ2n) is 7.58. The highest BCUT2D eigenvalue weighted by molar-refractivity contribution is 7.14. The Balaban J connectivity index is 1.38. The number of nitrogens with zero attached hydrogens (tertiary/aromatic N) is 5. The lowest BCUT2D eigenvalue weighted by Gasteiger charge is -2.31. The topological polar surface area (TPSA) is 83.9 Å². The third-order valence-corrected chi connectivity index (χ3v) is 6.15. The Labute approximate surface area is 180 Å². The number of aromatic nitrogens is 4. The lowest BCUT2D eigenvalue weighted by atomic mass is 9.96. The molecule has 0 radical (unpaired) electrons. The van der Waals surface area contributed by atoms with Crippen molar-refractivity contribution < 1.29 is 18.0 Å². The number of hydrogen-bond acceptors (Lipinski definition) is 7. The Morgan fingerprint density at radius 3 is 2.65 bits per heavy atom. The normalized spacial score (nSPS) is 16.0. The highest BCUT2D eigenvalue weighted by Gasteiger charge is 2.30. The zero-order valence-corrected chi connectivity index (χ0v) is 17.6. The molecule has 0 unspecified atom stereocenters. The van der Waals surface area contributed by atoms with Gasteiger partial charge in [-0.05, 0) is 45.0 Å². The smallest absolute Gasteiger partial charge is 0.310 e. The van der Waals surface area contributed by atoms with Crippen LogP contribution in [0.4, 0.5) is 19.0 Å². The molecule has 1 saturated heterocycles. The van der Waals surface area contributed by atoms with Crippen molar-refractivity contribution in [1.82, 2.24) is 25.1 Å². The summed E-state index contributed by atoms with van der Waals surface area (Å²) in [5.41, 5.74) is 1.54. The molecule has 11 heteroatoms. The van der Waals surface area contributed by atoms with Crippen LogP contribution in [0.15, 0.2) is 24.5 Å². The molecule has 0 saturated carbocycles. The van der Waals surface area contributed by atoms with E-state index in [-0.39, 0.29) is 18.4 Å². The number of halogens is 3. The minimum Gasteiger partial charge on any atom is -0.310 e. The first-order chi connectivity index (χ1) is 14.8. The van der Waals surface area contributed by atoms with Gasteiger partial charge in [-0.15, -0.1) is 10.2 Å². The summed E-state index contributed by atoms with van der Waals surface area (Å²) in [6.45, 7) is 2.82. The van der Waals surface area contributed by atoms with Crippen LogP contribution in [0.1, 0.15) is 24.3 Å². The van der Waals surface area contributed by atoms with Gasteiger partial charge in [-0.25, -0.2) is 4.98 Å². The van der Waals surface area contributed by atoms with Gasteiger partial charge in [-0.1, -0.05) is 11.3 Å². The maximum atomic E-state index is 12.6. The number of anilines is 1. The molecule has 0 aliphatic carbocycles. The third-order valence-electron chi connectivity index (χ3n) is 5.26. The van der Waals surface area contributed by atoms with Crippen LogP contribution >= 0.6 is 11.3 Å². The SMILES string of the molecule is Cc1nnc(-c2cnc3cnc(NC(=O)C4CCN(CCC(F)(F)F)CC4)cc3c2)s1. The van der Waals surface area contributed by atoms with Crippen molar-refractivity contribution in [3.05, 3.63) is 29.5 Å². The second kappa shape index (κ2) is 8.83. The molecule has 4 rings (SSSR count). The van der Waals surface area contributed by atoms with E-state index < -0.39 is 12.6 Å². The van der Waals surface area contributed by atoms with Crippen LogP contribution in [-0.4, -0.2) is 56.8 Å². The Bertz CT molecular complexity index is 1080. The zero-order chi connectivity index (χ0) is 22.0. The quantitative estimate of drug-likeness (QED) is 0.631. The molecule has 0 atom stereocenters. The predicted octanol–water partition coefficient (Wildman–Crippen LogP) is 4.06. The first-order valence-electron chi connectivity index (χ1n) is 9.93. The molecule has 0 spiro atoms. The molecule has 1 fully saturated rings. The van der Waals surface area contributed by atoms with Gasteiger partial charge in [0, 0.05) is 29.6 Å². The highest BCUT2D eigenvalue weighted by atomic mass is 32.1. The van der Waals surface area contributed by atoms with Gasteiger partial charge >= 0.3 is 6.18 Å². The molecule has 1 N–H and O–H groups in total. The first kappa shape index (κ1) is 21.6. The van der Waals surface area contributed by atoms with Crippen molar-refractivity contribution >= 4 is 34.0 Å². The summed E-state index contributed by atoms with van der Waals surface area (Å²) >= 11 is 1.47. The number of hydrogen-bond donors (Lipinski definition) is 1. The van der Waals surface area contributed by atoms with Crippen LogP contribution in [-0.2, 0) is 4.79 Å². The van der Waals surface area contributed by atoms with Gasteiger partial charge in [0.2, 0.25) is 5.91 Å². The van der Waals surface area contributed by atoms with Crippen molar-refractivity contribution in [3.63, 3.8) is 0 Å². The molecule has 7 nitrogen and oxygen atoms in total. The lowest BCUT2D eigenvalue weighted by molar-refractivity contribution is -0.139. The second-order valence-corrected chi connectivity index (χ2v) is 8.76. The van der Waals surface area contributed by atoms with Gasteiger partial charge < -0.3 is 10.2 Å². The monoisotopic (exact) mass is 450 g/mol. The first-order valence-corrected chi connectivity index (χ1v) is 10.7. The largest absolute Gasteiger partial charge is 0.390 e. The van der Waals surface area contributed by atoms with Crippen LogP contribution in [0.25, 0.3) is 21.5 Å². The van der Waals surface area contributed by atoms with E-state index in [0.29, 0.717) is 37.3 Å². The maximum Gasteiger partial charge on any atom is 0.390 e. The molecule has 0 bridgehead atoms. The number of carbonyl (C=O) groups is 1. The molecule has 1 aliphatic heterocycles. The van der Waals surface area contributed by atoms with E-state index in [9.17, 15) is 18.0 Å². The van der Waals surface area contributed by atoms with Crippen LogP contribution in [0, 0.1) is 12.8 Å². The number of piperidine rings is 1. The number of amides is 1. The number of alkyl halides is 3. The van der Waals surface area contributed by atoms with E-state index in [2.05, 4.69) is 25.5 Å². The molecular weight excluding hydrogens is 429 g/mol. The van der Waals surface area contributed by atoms with Gasteiger partial charge in [0.25, 0.3) is 0 Å². The fraction of sp³-hybridized carbons (Fsp3) is 0.450. The number of fused-ring (bicyclic) bond motifs is 1. The number of likely N-dealkylation sites (tertiary alicyclic amines) is 1. The molecule has 3 aromatic rings. The third kappa shape index (κ3) is 5.53. The summed E-state index contributed by atoms with van der Waals surface area (Å²) in [6.07, 6.45) is -0.607. The molecular formula is C20H21F3N6OS. The number of rotatable bonds is 5. The van der Waals surface area contributed by atoms with Gasteiger partial charge in [0.1, 0.15) is 15.8 Å². The van der Waals surface area contributed by atoms with Crippen molar-refractivity contribution in [1.29, 1.82) is 0 Å². The van der Waals surface area contributed by atoms with E-state index in [4.69, 9.17) is 0 Å². The fourth-order valence-electron chi connectivity index (χ4n) is 3.56. The molecule has 3 aromatic heterocycles. The number of carbonyl (C=O) groups excluding carboxylic acids is 1. The average molecular weight is 450 g/mol.